The van der Waals surface area contributed by atoms with E-state index in [0.29, 0.717) is 17.1 Å². The molecule has 0 aliphatic heterocycles. The highest BCUT2D eigenvalue weighted by Gasteiger charge is 2.19. The molecule has 0 unspecified atom stereocenters. The lowest BCUT2D eigenvalue weighted by Gasteiger charge is -2.22. The Kier molecular flexibility index (Phi) is 8.61. The van der Waals surface area contributed by atoms with E-state index in [0.717, 1.165) is 43.6 Å². The van der Waals surface area contributed by atoms with E-state index >= 15 is 0 Å². The summed E-state index contributed by atoms with van der Waals surface area (Å²) >= 11 is 8.01. The lowest BCUT2D eigenvalue weighted by molar-refractivity contribution is -0.136. The first-order chi connectivity index (χ1) is 18.2. The van der Waals surface area contributed by atoms with Gasteiger partial charge in [0.05, 0.1) is 18.7 Å². The van der Waals surface area contributed by atoms with Crippen molar-refractivity contribution in [3.8, 4) is 11.3 Å². The molecule has 38 heavy (non-hydrogen) atoms. The van der Waals surface area contributed by atoms with Crippen LogP contribution in [0, 0.1) is 13.8 Å². The van der Waals surface area contributed by atoms with E-state index in [4.69, 9.17) is 21.7 Å². The van der Waals surface area contributed by atoms with E-state index in [1.807, 2.05) is 61.5 Å². The number of nitrogens with one attached hydrogen (secondary N) is 1. The van der Waals surface area contributed by atoms with E-state index in [9.17, 15) is 9.59 Å². The van der Waals surface area contributed by atoms with Crippen LogP contribution in [0.3, 0.4) is 0 Å². The number of rotatable bonds is 10. The van der Waals surface area contributed by atoms with Crippen LogP contribution in [0.5, 0.6) is 0 Å². The molecule has 0 bridgehead atoms. The molecule has 0 aliphatic carbocycles. The van der Waals surface area contributed by atoms with Gasteiger partial charge in [-0.25, -0.2) is 4.98 Å². The number of anilines is 2. The van der Waals surface area contributed by atoms with Crippen molar-refractivity contribution in [1.29, 1.82) is 0 Å². The summed E-state index contributed by atoms with van der Waals surface area (Å²) in [6, 6.07) is 21.4. The first kappa shape index (κ1) is 27.1. The minimum absolute atomic E-state index is 0.0856. The highest BCUT2D eigenvalue weighted by Crippen LogP contribution is 2.38. The molecule has 4 rings (SSSR count). The van der Waals surface area contributed by atoms with Gasteiger partial charge in [-0.15, -0.1) is 11.3 Å². The molecule has 4 aromatic rings. The van der Waals surface area contributed by atoms with E-state index in [2.05, 4.69) is 23.7 Å². The van der Waals surface area contributed by atoms with Crippen LogP contribution in [0.25, 0.3) is 17.3 Å². The van der Waals surface area contributed by atoms with Crippen LogP contribution < -0.4 is 10.2 Å². The first-order valence-electron chi connectivity index (χ1n) is 12.1. The monoisotopic (exact) mass is 545 g/mol. The van der Waals surface area contributed by atoms with Crippen molar-refractivity contribution in [3.05, 3.63) is 105 Å². The van der Waals surface area contributed by atoms with Crippen molar-refractivity contribution < 1.29 is 14.7 Å². The smallest absolute Gasteiger partial charge is 0.305 e. The quantitative estimate of drug-likeness (QED) is 0.219. The van der Waals surface area contributed by atoms with Crippen molar-refractivity contribution in [1.82, 2.24) is 10.3 Å². The van der Waals surface area contributed by atoms with Gasteiger partial charge < -0.3 is 15.3 Å². The number of carbonyl (C=O) groups is 2. The Morgan fingerprint density at radius 2 is 1.79 bits per heavy atom. The molecule has 0 fully saturated rings. The second-order valence-corrected chi connectivity index (χ2v) is 10.4. The molecule has 6 nitrogen and oxygen atoms in total. The fraction of sp³-hybridized carbons (Fsp3) is 0.167. The highest BCUT2D eigenvalue weighted by molar-refractivity contribution is 7.16. The number of aliphatic carboxylic acids is 1. The lowest BCUT2D eigenvalue weighted by Crippen LogP contribution is -2.26. The number of carbonyl (C=O) groups excluding carboxylic acids is 1. The van der Waals surface area contributed by atoms with Crippen LogP contribution >= 0.6 is 22.9 Å². The maximum absolute atomic E-state index is 12.3. The SMILES string of the molecule is C=Cc1ccc(N(Cc2ccc(C(=O)NCCC(=O)O)cc2)c2nc(-c3ccc(C)c(Cl)c3)c(C)s2)cc1. The molecule has 2 N–H and O–H groups in total. The minimum atomic E-state index is -0.951. The van der Waals surface area contributed by atoms with Gasteiger partial charge in [0.1, 0.15) is 0 Å². The number of carboxylic acids is 1. The highest BCUT2D eigenvalue weighted by atomic mass is 35.5. The molecule has 1 amide bonds. The Bertz CT molecular complexity index is 1460. The van der Waals surface area contributed by atoms with Crippen LogP contribution in [0.1, 0.15) is 38.3 Å². The largest absolute Gasteiger partial charge is 0.481 e. The number of carboxylic acid groups (broad SMARTS) is 1. The van der Waals surface area contributed by atoms with Crippen LogP contribution in [-0.2, 0) is 11.3 Å². The number of nitrogens with zero attached hydrogens (tertiary/aromatic N) is 2. The molecule has 0 radical (unpaired) electrons. The second-order valence-electron chi connectivity index (χ2n) is 8.84. The third-order valence-electron chi connectivity index (χ3n) is 6.08. The van der Waals surface area contributed by atoms with Gasteiger partial charge in [-0.2, -0.15) is 0 Å². The van der Waals surface area contributed by atoms with Crippen molar-refractivity contribution >= 4 is 51.7 Å². The van der Waals surface area contributed by atoms with Crippen LogP contribution in [0.2, 0.25) is 5.02 Å². The molecule has 8 heteroatoms. The van der Waals surface area contributed by atoms with Gasteiger partial charge in [0.15, 0.2) is 5.13 Å². The van der Waals surface area contributed by atoms with Crippen LogP contribution in [-0.4, -0.2) is 28.5 Å². The topological polar surface area (TPSA) is 82.5 Å². The second kappa shape index (κ2) is 12.1. The predicted octanol–water partition coefficient (Wildman–Crippen LogP) is 7.27. The minimum Gasteiger partial charge on any atom is -0.481 e. The van der Waals surface area contributed by atoms with Gasteiger partial charge in [-0.1, -0.05) is 60.7 Å². The number of amides is 1. The van der Waals surface area contributed by atoms with Gasteiger partial charge in [0.25, 0.3) is 5.91 Å². The van der Waals surface area contributed by atoms with Gasteiger partial charge in [-0.05, 0) is 60.9 Å². The normalized spacial score (nSPS) is 10.7. The summed E-state index contributed by atoms with van der Waals surface area (Å²) in [4.78, 5) is 31.3. The molecule has 0 saturated carbocycles. The standard InChI is InChI=1S/C30H28ClN3O3S/c1-4-21-8-13-25(14-9-21)34(18-22-6-11-23(12-7-22)29(37)32-16-15-27(35)36)30-33-28(20(3)38-30)24-10-5-19(2)26(31)17-24/h4-14,17H,1,15-16,18H2,2-3H3,(H,32,37)(H,35,36). The number of thiazole rings is 1. The Labute approximate surface area is 231 Å². The maximum atomic E-state index is 12.3. The summed E-state index contributed by atoms with van der Waals surface area (Å²) in [5.41, 5.74) is 6.36. The van der Waals surface area contributed by atoms with Crippen molar-refractivity contribution in [3.63, 3.8) is 0 Å². The first-order valence-corrected chi connectivity index (χ1v) is 13.3. The zero-order chi connectivity index (χ0) is 27.2. The fourth-order valence-electron chi connectivity index (χ4n) is 3.89. The van der Waals surface area contributed by atoms with Crippen molar-refractivity contribution in [2.45, 2.75) is 26.8 Å². The summed E-state index contributed by atoms with van der Waals surface area (Å²) in [7, 11) is 0. The number of hydrogen-bond acceptors (Lipinski definition) is 5. The molecule has 194 valence electrons. The third-order valence-corrected chi connectivity index (χ3v) is 7.48. The van der Waals surface area contributed by atoms with Crippen molar-refractivity contribution in [2.24, 2.45) is 0 Å². The Balaban J connectivity index is 1.62. The van der Waals surface area contributed by atoms with Crippen LogP contribution in [0.4, 0.5) is 10.8 Å². The van der Waals surface area contributed by atoms with E-state index < -0.39 is 5.97 Å². The molecule has 0 spiro atoms. The third kappa shape index (κ3) is 6.49. The van der Waals surface area contributed by atoms with Gasteiger partial charge >= 0.3 is 5.97 Å². The van der Waals surface area contributed by atoms with E-state index in [1.54, 1.807) is 29.5 Å². The van der Waals surface area contributed by atoms with Crippen LogP contribution in [0.15, 0.2) is 73.3 Å². The summed E-state index contributed by atoms with van der Waals surface area (Å²) in [6.45, 7) is 8.50. The molecule has 3 aromatic carbocycles. The van der Waals surface area contributed by atoms with E-state index in [1.165, 1.54) is 0 Å². The predicted molar refractivity (Wildman–Crippen MR) is 155 cm³/mol. The van der Waals surface area contributed by atoms with Crippen molar-refractivity contribution in [2.75, 3.05) is 11.4 Å². The molecular formula is C30H28ClN3O3S. The number of aryl methyl sites for hydroxylation is 2. The number of benzene rings is 3. The number of halogens is 1. The zero-order valence-corrected chi connectivity index (χ0v) is 22.8. The number of aromatic nitrogens is 1. The molecule has 0 atom stereocenters. The molecule has 0 saturated heterocycles. The maximum Gasteiger partial charge on any atom is 0.305 e. The summed E-state index contributed by atoms with van der Waals surface area (Å²) in [5, 5.41) is 13.0. The molecule has 1 heterocycles. The summed E-state index contributed by atoms with van der Waals surface area (Å²) in [5.74, 6) is -1.25. The molecule has 0 aliphatic rings. The summed E-state index contributed by atoms with van der Waals surface area (Å²) in [6.07, 6.45) is 1.69. The molecular weight excluding hydrogens is 518 g/mol. The Morgan fingerprint density at radius 3 is 2.42 bits per heavy atom. The van der Waals surface area contributed by atoms with Gasteiger partial charge in [0.2, 0.25) is 0 Å². The lowest BCUT2D eigenvalue weighted by atomic mass is 10.1. The summed E-state index contributed by atoms with van der Waals surface area (Å²) < 4.78 is 0. The number of hydrogen-bond donors (Lipinski definition) is 2. The molecule has 1 aromatic heterocycles. The average Bonchev–Trinajstić information content (AvgIpc) is 3.30. The van der Waals surface area contributed by atoms with Gasteiger partial charge in [0, 0.05) is 33.3 Å². The fourth-order valence-corrected chi connectivity index (χ4v) is 5.03. The Hall–Kier alpha value is -3.94. The van der Waals surface area contributed by atoms with E-state index in [-0.39, 0.29) is 18.9 Å². The zero-order valence-electron chi connectivity index (χ0n) is 21.2. The average molecular weight is 546 g/mol. The van der Waals surface area contributed by atoms with Gasteiger partial charge in [-0.3, -0.25) is 9.59 Å². The Morgan fingerprint density at radius 1 is 1.08 bits per heavy atom.